The second-order valence-electron chi connectivity index (χ2n) is 7.29. The summed E-state index contributed by atoms with van der Waals surface area (Å²) < 4.78 is 8.97. The van der Waals surface area contributed by atoms with Crippen molar-refractivity contribution in [3.63, 3.8) is 0 Å². The van der Waals surface area contributed by atoms with Crippen molar-refractivity contribution < 1.29 is 4.52 Å². The number of hydrogen-bond acceptors (Lipinski definition) is 8. The third-order valence-electron chi connectivity index (χ3n) is 5.19. The van der Waals surface area contributed by atoms with Crippen molar-refractivity contribution >= 4 is 39.8 Å². The highest BCUT2D eigenvalue weighted by Gasteiger charge is 2.18. The first-order chi connectivity index (χ1) is 16.3. The standard InChI is InChI=1S/C23H16N6O2S2/c30-21-16-9-4-5-10-17(16)29-22(28(21)13-15-7-2-1-3-8-15)25-26-23(29)33-14-19-24-20(31-27-19)18-11-6-12-32-18/h1-12H,13-14H2. The molecule has 0 aliphatic rings. The first kappa shape index (κ1) is 19.9. The van der Waals surface area contributed by atoms with E-state index in [1.54, 1.807) is 15.9 Å². The van der Waals surface area contributed by atoms with Gasteiger partial charge in [0.05, 0.1) is 28.1 Å². The molecule has 0 spiro atoms. The molecule has 0 bridgehead atoms. The van der Waals surface area contributed by atoms with Gasteiger partial charge in [0.1, 0.15) is 0 Å². The summed E-state index contributed by atoms with van der Waals surface area (Å²) in [4.78, 5) is 18.7. The molecule has 4 aromatic heterocycles. The number of para-hydroxylation sites is 1. The lowest BCUT2D eigenvalue weighted by atomic mass is 10.2. The molecule has 6 rings (SSSR count). The van der Waals surface area contributed by atoms with Crippen molar-refractivity contribution in [3.05, 3.63) is 93.9 Å². The molecule has 0 saturated carbocycles. The van der Waals surface area contributed by atoms with Crippen LogP contribution in [0.3, 0.4) is 0 Å². The zero-order valence-corrected chi connectivity index (χ0v) is 18.8. The summed E-state index contributed by atoms with van der Waals surface area (Å²) in [7, 11) is 0. The van der Waals surface area contributed by atoms with Crippen LogP contribution in [-0.4, -0.2) is 29.3 Å². The average Bonchev–Trinajstić information content (AvgIpc) is 3.62. The molecule has 0 N–H and O–H groups in total. The third-order valence-corrected chi connectivity index (χ3v) is 6.97. The van der Waals surface area contributed by atoms with Gasteiger partial charge in [0.25, 0.3) is 11.4 Å². The largest absolute Gasteiger partial charge is 0.333 e. The van der Waals surface area contributed by atoms with Crippen LogP contribution in [0.1, 0.15) is 11.4 Å². The first-order valence-electron chi connectivity index (χ1n) is 10.2. The molecular weight excluding hydrogens is 456 g/mol. The molecule has 2 aromatic carbocycles. The Bertz CT molecular complexity index is 1620. The monoisotopic (exact) mass is 472 g/mol. The van der Waals surface area contributed by atoms with E-state index in [2.05, 4.69) is 20.3 Å². The van der Waals surface area contributed by atoms with E-state index in [4.69, 9.17) is 4.52 Å². The van der Waals surface area contributed by atoms with Gasteiger partial charge in [0.2, 0.25) is 5.78 Å². The van der Waals surface area contributed by atoms with Crippen molar-refractivity contribution in [2.75, 3.05) is 0 Å². The summed E-state index contributed by atoms with van der Waals surface area (Å²) in [6, 6.07) is 21.3. The summed E-state index contributed by atoms with van der Waals surface area (Å²) in [6.07, 6.45) is 0. The van der Waals surface area contributed by atoms with Crippen LogP contribution < -0.4 is 5.56 Å². The fourth-order valence-corrected chi connectivity index (χ4v) is 5.11. The Balaban J connectivity index is 1.40. The van der Waals surface area contributed by atoms with E-state index < -0.39 is 0 Å². The second-order valence-corrected chi connectivity index (χ2v) is 9.18. The summed E-state index contributed by atoms with van der Waals surface area (Å²) >= 11 is 3.00. The van der Waals surface area contributed by atoms with Gasteiger partial charge in [-0.3, -0.25) is 13.8 Å². The van der Waals surface area contributed by atoms with Crippen molar-refractivity contribution in [1.29, 1.82) is 0 Å². The number of benzene rings is 2. The van der Waals surface area contributed by atoms with Crippen molar-refractivity contribution in [2.45, 2.75) is 17.5 Å². The molecule has 10 heteroatoms. The van der Waals surface area contributed by atoms with Gasteiger partial charge in [-0.25, -0.2) is 0 Å². The maximum atomic E-state index is 13.3. The maximum Gasteiger partial charge on any atom is 0.268 e. The van der Waals surface area contributed by atoms with Gasteiger partial charge in [0.15, 0.2) is 11.0 Å². The summed E-state index contributed by atoms with van der Waals surface area (Å²) in [5.41, 5.74) is 1.69. The van der Waals surface area contributed by atoms with Crippen molar-refractivity contribution in [3.8, 4) is 10.8 Å². The lowest BCUT2D eigenvalue weighted by Crippen LogP contribution is -2.24. The van der Waals surface area contributed by atoms with Crippen LogP contribution in [0.5, 0.6) is 0 Å². The van der Waals surface area contributed by atoms with Crippen LogP contribution in [0.25, 0.3) is 27.4 Å². The normalized spacial score (nSPS) is 11.5. The smallest absolute Gasteiger partial charge is 0.268 e. The predicted molar refractivity (Wildman–Crippen MR) is 127 cm³/mol. The molecule has 0 aliphatic heterocycles. The quantitative estimate of drug-likeness (QED) is 0.330. The molecule has 4 heterocycles. The number of aromatic nitrogens is 6. The fourth-order valence-electron chi connectivity index (χ4n) is 3.68. The average molecular weight is 473 g/mol. The highest BCUT2D eigenvalue weighted by atomic mass is 32.2. The van der Waals surface area contributed by atoms with Gasteiger partial charge in [-0.1, -0.05) is 65.4 Å². The lowest BCUT2D eigenvalue weighted by molar-refractivity contribution is 0.426. The Morgan fingerprint density at radius 1 is 0.970 bits per heavy atom. The van der Waals surface area contributed by atoms with E-state index in [1.165, 1.54) is 11.8 Å². The van der Waals surface area contributed by atoms with Crippen LogP contribution in [0.2, 0.25) is 0 Å². The predicted octanol–water partition coefficient (Wildman–Crippen LogP) is 4.50. The first-order valence-corrected chi connectivity index (χ1v) is 12.0. The van der Waals surface area contributed by atoms with E-state index in [1.807, 2.05) is 76.5 Å². The van der Waals surface area contributed by atoms with Crippen molar-refractivity contribution in [2.24, 2.45) is 0 Å². The Morgan fingerprint density at radius 2 is 1.82 bits per heavy atom. The number of nitrogens with zero attached hydrogens (tertiary/aromatic N) is 6. The number of thioether (sulfide) groups is 1. The van der Waals surface area contributed by atoms with Crippen LogP contribution >= 0.6 is 23.1 Å². The van der Waals surface area contributed by atoms with E-state index in [0.29, 0.717) is 40.3 Å². The SMILES string of the molecule is O=c1c2ccccc2n2c(SCc3noc(-c4cccs4)n3)nnc2n1Cc1ccccc1. The molecule has 0 radical (unpaired) electrons. The van der Waals surface area contributed by atoms with Gasteiger partial charge in [-0.05, 0) is 29.1 Å². The lowest BCUT2D eigenvalue weighted by Gasteiger charge is -2.11. The highest BCUT2D eigenvalue weighted by Crippen LogP contribution is 2.27. The molecule has 8 nitrogen and oxygen atoms in total. The van der Waals surface area contributed by atoms with Gasteiger partial charge in [-0.2, -0.15) is 4.98 Å². The van der Waals surface area contributed by atoms with Crippen LogP contribution in [0.4, 0.5) is 0 Å². The molecule has 0 fully saturated rings. The number of rotatable bonds is 6. The molecule has 6 aromatic rings. The van der Waals surface area contributed by atoms with Crippen LogP contribution in [-0.2, 0) is 12.3 Å². The van der Waals surface area contributed by atoms with E-state index in [0.717, 1.165) is 16.0 Å². The molecule has 0 amide bonds. The minimum Gasteiger partial charge on any atom is -0.333 e. The van der Waals surface area contributed by atoms with Gasteiger partial charge >= 0.3 is 0 Å². The molecule has 0 saturated heterocycles. The fraction of sp³-hybridized carbons (Fsp3) is 0.0870. The molecule has 162 valence electrons. The zero-order chi connectivity index (χ0) is 22.2. The van der Waals surface area contributed by atoms with E-state index >= 15 is 0 Å². The highest BCUT2D eigenvalue weighted by molar-refractivity contribution is 7.98. The van der Waals surface area contributed by atoms with Gasteiger partial charge < -0.3 is 4.52 Å². The van der Waals surface area contributed by atoms with Gasteiger partial charge in [-0.15, -0.1) is 21.5 Å². The van der Waals surface area contributed by atoms with Crippen LogP contribution in [0, 0.1) is 0 Å². The number of fused-ring (bicyclic) bond motifs is 3. The molecule has 0 aliphatic carbocycles. The molecule has 0 atom stereocenters. The Hall–Kier alpha value is -3.76. The summed E-state index contributed by atoms with van der Waals surface area (Å²) in [6.45, 7) is 0.409. The Labute approximate surface area is 195 Å². The molecule has 0 unspecified atom stereocenters. The third kappa shape index (κ3) is 3.62. The number of thiophene rings is 1. The van der Waals surface area contributed by atoms with E-state index in [9.17, 15) is 4.79 Å². The summed E-state index contributed by atoms with van der Waals surface area (Å²) in [5, 5.41) is 16.1. The Morgan fingerprint density at radius 3 is 2.67 bits per heavy atom. The number of hydrogen-bond donors (Lipinski definition) is 0. The van der Waals surface area contributed by atoms with Crippen molar-refractivity contribution in [1.82, 2.24) is 29.3 Å². The molecular formula is C23H16N6O2S2. The Kier molecular flexibility index (Phi) is 5.00. The minimum atomic E-state index is -0.0929. The summed E-state index contributed by atoms with van der Waals surface area (Å²) in [5.74, 6) is 2.04. The topological polar surface area (TPSA) is 91.1 Å². The van der Waals surface area contributed by atoms with Gasteiger partial charge in [0, 0.05) is 0 Å². The second kappa shape index (κ2) is 8.30. The maximum absolute atomic E-state index is 13.3. The van der Waals surface area contributed by atoms with E-state index in [-0.39, 0.29) is 5.56 Å². The minimum absolute atomic E-state index is 0.0929. The molecule has 33 heavy (non-hydrogen) atoms. The zero-order valence-electron chi connectivity index (χ0n) is 17.2. The van der Waals surface area contributed by atoms with Crippen LogP contribution in [0.15, 0.2) is 86.6 Å².